The molecular weight excluding hydrogens is 229 g/mol. The number of nitrogens with two attached hydrogens (primary N) is 1. The molecule has 0 fully saturated rings. The zero-order chi connectivity index (χ0) is 11.5. The van der Waals surface area contributed by atoms with Crippen LogP contribution in [0.3, 0.4) is 0 Å². The van der Waals surface area contributed by atoms with Gasteiger partial charge in [-0.25, -0.2) is 4.39 Å². The molecule has 0 aliphatic rings. The zero-order valence-corrected chi connectivity index (χ0v) is 8.92. The van der Waals surface area contributed by atoms with Crippen molar-refractivity contribution in [2.75, 3.05) is 11.1 Å². The van der Waals surface area contributed by atoms with Crippen molar-refractivity contribution in [1.82, 2.24) is 4.98 Å². The number of thiazole rings is 1. The van der Waals surface area contributed by atoms with Crippen LogP contribution in [0.1, 0.15) is 9.67 Å². The monoisotopic (exact) mass is 237 g/mol. The van der Waals surface area contributed by atoms with Crippen LogP contribution in [0.2, 0.25) is 0 Å². The van der Waals surface area contributed by atoms with Gasteiger partial charge in [0.1, 0.15) is 10.7 Å². The van der Waals surface area contributed by atoms with Gasteiger partial charge in [0.25, 0.3) is 5.91 Å². The summed E-state index contributed by atoms with van der Waals surface area (Å²) in [5.74, 6) is -0.867. The molecule has 0 atom stereocenters. The normalized spacial score (nSPS) is 10.1. The maximum Gasteiger partial charge on any atom is 0.267 e. The van der Waals surface area contributed by atoms with E-state index in [4.69, 9.17) is 5.73 Å². The average Bonchev–Trinajstić information content (AvgIpc) is 2.77. The first-order valence-corrected chi connectivity index (χ1v) is 5.29. The highest BCUT2D eigenvalue weighted by Gasteiger charge is 2.08. The molecule has 1 heterocycles. The van der Waals surface area contributed by atoms with Gasteiger partial charge in [-0.2, -0.15) is 0 Å². The number of aromatic nitrogens is 1. The molecule has 0 saturated heterocycles. The maximum atomic E-state index is 13.1. The van der Waals surface area contributed by atoms with E-state index in [1.54, 1.807) is 5.51 Å². The van der Waals surface area contributed by atoms with E-state index in [1.807, 2.05) is 0 Å². The van der Waals surface area contributed by atoms with E-state index in [0.717, 1.165) is 0 Å². The number of benzene rings is 1. The Labute approximate surface area is 94.9 Å². The Hall–Kier alpha value is -1.95. The third-order valence-electron chi connectivity index (χ3n) is 1.91. The van der Waals surface area contributed by atoms with Gasteiger partial charge in [-0.15, -0.1) is 11.3 Å². The van der Waals surface area contributed by atoms with Crippen LogP contribution in [0.25, 0.3) is 0 Å². The van der Waals surface area contributed by atoms with Crippen molar-refractivity contribution in [3.05, 3.63) is 40.6 Å². The van der Waals surface area contributed by atoms with Gasteiger partial charge >= 0.3 is 0 Å². The van der Waals surface area contributed by atoms with Crippen LogP contribution in [-0.4, -0.2) is 10.9 Å². The molecule has 82 valence electrons. The topological polar surface area (TPSA) is 68.0 Å². The molecule has 16 heavy (non-hydrogen) atoms. The van der Waals surface area contributed by atoms with Crippen LogP contribution in [0.15, 0.2) is 29.9 Å². The van der Waals surface area contributed by atoms with Crippen LogP contribution >= 0.6 is 11.3 Å². The first-order chi connectivity index (χ1) is 7.66. The minimum atomic E-state index is -0.554. The molecule has 1 amide bonds. The molecule has 3 N–H and O–H groups in total. The van der Waals surface area contributed by atoms with E-state index in [-0.39, 0.29) is 11.6 Å². The average molecular weight is 237 g/mol. The molecule has 1 aromatic carbocycles. The van der Waals surface area contributed by atoms with Gasteiger partial charge in [-0.1, -0.05) is 0 Å². The van der Waals surface area contributed by atoms with Crippen molar-refractivity contribution in [3.63, 3.8) is 0 Å². The summed E-state index contributed by atoms with van der Waals surface area (Å²) in [5.41, 5.74) is 7.29. The van der Waals surface area contributed by atoms with Gasteiger partial charge in [0.05, 0.1) is 17.4 Å². The van der Waals surface area contributed by atoms with E-state index in [1.165, 1.54) is 35.7 Å². The molecule has 0 aliphatic carbocycles. The molecule has 4 nitrogen and oxygen atoms in total. The highest BCUT2D eigenvalue weighted by molar-refractivity contribution is 7.11. The number of nitrogens with one attached hydrogen (secondary N) is 1. The standard InChI is InChI=1S/C10H8FN3OS/c11-7-3-6(1-2-8(7)12)14-10(15)9-4-13-5-16-9/h1-5H,12H2,(H,14,15). The van der Waals surface area contributed by atoms with Crippen LogP contribution in [-0.2, 0) is 0 Å². The lowest BCUT2D eigenvalue weighted by Crippen LogP contribution is -2.10. The second kappa shape index (κ2) is 4.28. The number of nitrogen functional groups attached to an aromatic ring is 1. The fraction of sp³-hybridized carbons (Fsp3) is 0. The van der Waals surface area contributed by atoms with Gasteiger partial charge < -0.3 is 11.1 Å². The number of carbonyl (C=O) groups excluding carboxylic acids is 1. The number of nitrogens with zero attached hydrogens (tertiary/aromatic N) is 1. The van der Waals surface area contributed by atoms with Gasteiger partial charge in [0.15, 0.2) is 0 Å². The van der Waals surface area contributed by atoms with Gasteiger partial charge in [0.2, 0.25) is 0 Å². The number of rotatable bonds is 2. The molecule has 0 aliphatic heterocycles. The lowest BCUT2D eigenvalue weighted by Gasteiger charge is -2.04. The van der Waals surface area contributed by atoms with Crippen LogP contribution in [0.5, 0.6) is 0 Å². The fourth-order valence-corrected chi connectivity index (χ4v) is 1.64. The van der Waals surface area contributed by atoms with E-state index in [0.29, 0.717) is 10.6 Å². The molecule has 0 bridgehead atoms. The highest BCUT2D eigenvalue weighted by Crippen LogP contribution is 2.17. The van der Waals surface area contributed by atoms with Crippen LogP contribution in [0, 0.1) is 5.82 Å². The third-order valence-corrected chi connectivity index (χ3v) is 2.69. The number of hydrogen-bond acceptors (Lipinski definition) is 4. The lowest BCUT2D eigenvalue weighted by atomic mass is 10.2. The van der Waals surface area contributed by atoms with E-state index in [9.17, 15) is 9.18 Å². The second-order valence-electron chi connectivity index (χ2n) is 3.06. The van der Waals surface area contributed by atoms with Gasteiger partial charge in [-0.05, 0) is 18.2 Å². The summed E-state index contributed by atoms with van der Waals surface area (Å²) in [4.78, 5) is 15.8. The summed E-state index contributed by atoms with van der Waals surface area (Å²) in [6.45, 7) is 0. The summed E-state index contributed by atoms with van der Waals surface area (Å²) in [5, 5.41) is 2.55. The smallest absolute Gasteiger partial charge is 0.267 e. The highest BCUT2D eigenvalue weighted by atomic mass is 32.1. The number of carbonyl (C=O) groups is 1. The van der Waals surface area contributed by atoms with Crippen LogP contribution < -0.4 is 11.1 Å². The summed E-state index contributed by atoms with van der Waals surface area (Å²) in [7, 11) is 0. The van der Waals surface area contributed by atoms with Crippen molar-refractivity contribution in [3.8, 4) is 0 Å². The largest absolute Gasteiger partial charge is 0.396 e. The summed E-state index contributed by atoms with van der Waals surface area (Å²) in [6.07, 6.45) is 1.45. The molecule has 6 heteroatoms. The number of hydrogen-bond donors (Lipinski definition) is 2. The second-order valence-corrected chi connectivity index (χ2v) is 3.94. The number of anilines is 2. The first kappa shape index (κ1) is 10.6. The molecule has 0 saturated carbocycles. The van der Waals surface area contributed by atoms with Crippen molar-refractivity contribution in [1.29, 1.82) is 0 Å². The molecule has 1 aromatic heterocycles. The Morgan fingerprint density at radius 1 is 1.50 bits per heavy atom. The Kier molecular flexibility index (Phi) is 2.82. The molecule has 0 unspecified atom stereocenters. The molecular formula is C10H8FN3OS. The Bertz CT molecular complexity index is 513. The SMILES string of the molecule is Nc1ccc(NC(=O)c2cncs2)cc1F. The minimum absolute atomic E-state index is 0.0517. The number of amides is 1. The van der Waals surface area contributed by atoms with Crippen molar-refractivity contribution in [2.45, 2.75) is 0 Å². The number of halogens is 1. The van der Waals surface area contributed by atoms with E-state index in [2.05, 4.69) is 10.3 Å². The maximum absolute atomic E-state index is 13.1. The Morgan fingerprint density at radius 3 is 2.94 bits per heavy atom. The minimum Gasteiger partial charge on any atom is -0.396 e. The summed E-state index contributed by atoms with van der Waals surface area (Å²) >= 11 is 1.22. The quantitative estimate of drug-likeness (QED) is 0.786. The lowest BCUT2D eigenvalue weighted by molar-refractivity contribution is 0.103. The molecule has 0 radical (unpaired) electrons. The summed E-state index contributed by atoms with van der Waals surface area (Å²) < 4.78 is 13.1. The molecule has 0 spiro atoms. The van der Waals surface area contributed by atoms with Crippen molar-refractivity contribution in [2.24, 2.45) is 0 Å². The first-order valence-electron chi connectivity index (χ1n) is 4.41. The third kappa shape index (κ3) is 2.17. The van der Waals surface area contributed by atoms with Crippen molar-refractivity contribution < 1.29 is 9.18 Å². The predicted octanol–water partition coefficient (Wildman–Crippen LogP) is 2.12. The summed E-state index contributed by atoms with van der Waals surface area (Å²) in [6, 6.07) is 4.11. The zero-order valence-electron chi connectivity index (χ0n) is 8.11. The molecule has 2 aromatic rings. The molecule has 2 rings (SSSR count). The fourth-order valence-electron chi connectivity index (χ4n) is 1.13. The van der Waals surface area contributed by atoms with E-state index >= 15 is 0 Å². The van der Waals surface area contributed by atoms with Gasteiger partial charge in [-0.3, -0.25) is 9.78 Å². The van der Waals surface area contributed by atoms with Crippen molar-refractivity contribution >= 4 is 28.6 Å². The predicted molar refractivity (Wildman–Crippen MR) is 60.9 cm³/mol. The van der Waals surface area contributed by atoms with E-state index < -0.39 is 5.82 Å². The van der Waals surface area contributed by atoms with Crippen LogP contribution in [0.4, 0.5) is 15.8 Å². The Morgan fingerprint density at radius 2 is 2.31 bits per heavy atom. The van der Waals surface area contributed by atoms with Gasteiger partial charge in [0, 0.05) is 5.69 Å². The Balaban J connectivity index is 2.15.